The van der Waals surface area contributed by atoms with Gasteiger partial charge < -0.3 is 4.57 Å². The monoisotopic (exact) mass is 136 g/mol. The molecule has 0 spiro atoms. The average Bonchev–Trinajstić information content (AvgIpc) is 2.34. The third-order valence-electron chi connectivity index (χ3n) is 1.55. The van der Waals surface area contributed by atoms with Crippen molar-refractivity contribution in [3.63, 3.8) is 0 Å². The average molecular weight is 136 g/mol. The molecule has 0 atom stereocenters. The Morgan fingerprint density at radius 2 is 2.30 bits per heavy atom. The van der Waals surface area contributed by atoms with E-state index in [-0.39, 0.29) is 0 Å². The number of rotatable bonds is 3. The zero-order valence-electron chi connectivity index (χ0n) is 6.67. The normalized spacial score (nSPS) is 10.7. The van der Waals surface area contributed by atoms with Gasteiger partial charge in [-0.15, -0.1) is 0 Å². The van der Waals surface area contributed by atoms with E-state index in [9.17, 15) is 0 Å². The Labute approximate surface area is 62.7 Å². The topological polar surface area (TPSA) is 4.93 Å². The number of aromatic nitrogens is 1. The molecule has 0 aliphatic heterocycles. The van der Waals surface area contributed by atoms with Crippen molar-refractivity contribution in [2.75, 3.05) is 0 Å². The third kappa shape index (κ3) is 2.26. The lowest BCUT2D eigenvalue weighted by Gasteiger charge is -2.04. The maximum absolute atomic E-state index is 3.11. The van der Waals surface area contributed by atoms with Gasteiger partial charge in [0.1, 0.15) is 0 Å². The van der Waals surface area contributed by atoms with Crippen LogP contribution in [0.4, 0.5) is 0 Å². The highest BCUT2D eigenvalue weighted by atomic mass is 14.9. The maximum Gasteiger partial charge on any atom is 0.0647 e. The van der Waals surface area contributed by atoms with E-state index in [0.717, 1.165) is 12.5 Å². The molecule has 1 aromatic heterocycles. The largest absolute Gasteiger partial charge is 0.346 e. The Bertz CT molecular complexity index is 163. The van der Waals surface area contributed by atoms with Crippen LogP contribution in [0.1, 0.15) is 20.3 Å². The van der Waals surface area contributed by atoms with E-state index in [1.54, 1.807) is 0 Å². The Kier molecular flexibility index (Phi) is 2.55. The van der Waals surface area contributed by atoms with Crippen LogP contribution in [0.25, 0.3) is 0 Å². The summed E-state index contributed by atoms with van der Waals surface area (Å²) in [6, 6.07) is 3.96. The minimum atomic E-state index is 0.788. The van der Waals surface area contributed by atoms with Crippen LogP contribution in [-0.2, 0) is 6.54 Å². The molecule has 1 rings (SSSR count). The van der Waals surface area contributed by atoms with E-state index in [0.29, 0.717) is 0 Å². The van der Waals surface area contributed by atoms with Crippen molar-refractivity contribution in [3.8, 4) is 0 Å². The van der Waals surface area contributed by atoms with Gasteiger partial charge in [0.15, 0.2) is 0 Å². The fourth-order valence-corrected chi connectivity index (χ4v) is 0.865. The van der Waals surface area contributed by atoms with Gasteiger partial charge in [0.2, 0.25) is 0 Å². The SMILES string of the molecule is CC(C)CCn1[c]ccc1. The molecule has 0 saturated heterocycles. The molecule has 10 heavy (non-hydrogen) atoms. The summed E-state index contributed by atoms with van der Waals surface area (Å²) in [5, 5.41) is 0. The highest BCUT2D eigenvalue weighted by Crippen LogP contribution is 2.01. The van der Waals surface area contributed by atoms with Crippen LogP contribution >= 0.6 is 0 Å². The van der Waals surface area contributed by atoms with E-state index >= 15 is 0 Å². The van der Waals surface area contributed by atoms with Gasteiger partial charge in [-0.25, -0.2) is 0 Å². The molecule has 1 radical (unpaired) electrons. The summed E-state index contributed by atoms with van der Waals surface area (Å²) in [6.07, 6.45) is 6.41. The highest BCUT2D eigenvalue weighted by molar-refractivity contribution is 4.88. The molecular weight excluding hydrogens is 122 g/mol. The van der Waals surface area contributed by atoms with Crippen molar-refractivity contribution in [3.05, 3.63) is 24.5 Å². The predicted octanol–water partition coefficient (Wildman–Crippen LogP) is 2.33. The number of hydrogen-bond acceptors (Lipinski definition) is 0. The van der Waals surface area contributed by atoms with E-state index in [1.165, 1.54) is 6.42 Å². The second-order valence-electron chi connectivity index (χ2n) is 3.01. The molecule has 1 heteroatoms. The van der Waals surface area contributed by atoms with Gasteiger partial charge >= 0.3 is 0 Å². The second-order valence-corrected chi connectivity index (χ2v) is 3.01. The van der Waals surface area contributed by atoms with Crippen LogP contribution in [0, 0.1) is 12.1 Å². The summed E-state index contributed by atoms with van der Waals surface area (Å²) >= 11 is 0. The molecule has 0 saturated carbocycles. The summed E-state index contributed by atoms with van der Waals surface area (Å²) < 4.78 is 2.10. The quantitative estimate of drug-likeness (QED) is 0.601. The standard InChI is InChI=1S/C9H14N/c1-9(2)5-8-10-6-3-4-7-10/h3-4,6,9H,5,8H2,1-2H3. The lowest BCUT2D eigenvalue weighted by atomic mass is 10.1. The van der Waals surface area contributed by atoms with E-state index in [4.69, 9.17) is 0 Å². The van der Waals surface area contributed by atoms with Gasteiger partial charge in [0, 0.05) is 12.7 Å². The van der Waals surface area contributed by atoms with Crippen molar-refractivity contribution >= 4 is 0 Å². The van der Waals surface area contributed by atoms with Gasteiger partial charge in [-0.3, -0.25) is 0 Å². The van der Waals surface area contributed by atoms with Crippen molar-refractivity contribution in [2.24, 2.45) is 5.92 Å². The van der Waals surface area contributed by atoms with Crippen LogP contribution in [0.5, 0.6) is 0 Å². The van der Waals surface area contributed by atoms with Crippen LogP contribution < -0.4 is 0 Å². The van der Waals surface area contributed by atoms with Crippen LogP contribution in [0.2, 0.25) is 0 Å². The molecule has 55 valence electrons. The van der Waals surface area contributed by atoms with E-state index < -0.39 is 0 Å². The van der Waals surface area contributed by atoms with Crippen molar-refractivity contribution in [2.45, 2.75) is 26.8 Å². The van der Waals surface area contributed by atoms with Gasteiger partial charge in [-0.1, -0.05) is 13.8 Å². The first-order valence-electron chi connectivity index (χ1n) is 3.82. The molecular formula is C9H14N. The van der Waals surface area contributed by atoms with E-state index in [2.05, 4.69) is 30.8 Å². The first-order chi connectivity index (χ1) is 4.79. The fourth-order valence-electron chi connectivity index (χ4n) is 0.865. The summed E-state index contributed by atoms with van der Waals surface area (Å²) in [5.74, 6) is 0.788. The Balaban J connectivity index is 2.28. The Hall–Kier alpha value is -0.720. The molecule has 0 fully saturated rings. The van der Waals surface area contributed by atoms with Crippen LogP contribution in [0.15, 0.2) is 18.3 Å². The molecule has 0 N–H and O–H groups in total. The minimum Gasteiger partial charge on any atom is -0.346 e. The zero-order valence-corrected chi connectivity index (χ0v) is 6.67. The molecule has 0 aromatic carbocycles. The smallest absolute Gasteiger partial charge is 0.0647 e. The molecule has 1 nitrogen and oxygen atoms in total. The maximum atomic E-state index is 3.11. The fraction of sp³-hybridized carbons (Fsp3) is 0.556. The lowest BCUT2D eigenvalue weighted by Crippen LogP contribution is -1.98. The molecule has 0 aliphatic rings. The number of nitrogens with zero attached hydrogens (tertiary/aromatic N) is 1. The van der Waals surface area contributed by atoms with Crippen molar-refractivity contribution in [1.82, 2.24) is 4.57 Å². The molecule has 1 aromatic rings. The summed E-state index contributed by atoms with van der Waals surface area (Å²) in [5.41, 5.74) is 0. The van der Waals surface area contributed by atoms with Crippen molar-refractivity contribution < 1.29 is 0 Å². The summed E-state index contributed by atoms with van der Waals surface area (Å²) in [7, 11) is 0. The molecule has 0 unspecified atom stereocenters. The van der Waals surface area contributed by atoms with Crippen LogP contribution in [-0.4, -0.2) is 4.57 Å². The number of aryl methyl sites for hydroxylation is 1. The Morgan fingerprint density at radius 3 is 2.80 bits per heavy atom. The lowest BCUT2D eigenvalue weighted by molar-refractivity contribution is 0.516. The number of hydrogen-bond donors (Lipinski definition) is 0. The second kappa shape index (κ2) is 3.45. The van der Waals surface area contributed by atoms with Gasteiger partial charge in [-0.2, -0.15) is 0 Å². The first kappa shape index (κ1) is 7.39. The van der Waals surface area contributed by atoms with Gasteiger partial charge in [0.05, 0.1) is 6.20 Å². The van der Waals surface area contributed by atoms with Crippen molar-refractivity contribution in [1.29, 1.82) is 0 Å². The molecule has 0 bridgehead atoms. The molecule has 0 aliphatic carbocycles. The Morgan fingerprint density at radius 1 is 1.50 bits per heavy atom. The van der Waals surface area contributed by atoms with E-state index in [1.807, 2.05) is 12.1 Å². The minimum absolute atomic E-state index is 0.788. The van der Waals surface area contributed by atoms with Gasteiger partial charge in [0.25, 0.3) is 0 Å². The summed E-state index contributed by atoms with van der Waals surface area (Å²) in [4.78, 5) is 0. The van der Waals surface area contributed by atoms with Crippen LogP contribution in [0.3, 0.4) is 0 Å². The van der Waals surface area contributed by atoms with Gasteiger partial charge in [-0.05, 0) is 24.5 Å². The molecule has 0 amide bonds. The zero-order chi connectivity index (χ0) is 7.40. The predicted molar refractivity (Wildman–Crippen MR) is 42.7 cm³/mol. The highest BCUT2D eigenvalue weighted by Gasteiger charge is 1.93. The first-order valence-corrected chi connectivity index (χ1v) is 3.82. The summed E-state index contributed by atoms with van der Waals surface area (Å²) in [6.45, 7) is 5.58. The molecule has 1 heterocycles. The third-order valence-corrected chi connectivity index (χ3v) is 1.55.